The highest BCUT2D eigenvalue weighted by molar-refractivity contribution is 5.74. The van der Waals surface area contributed by atoms with E-state index in [9.17, 15) is 0 Å². The Balaban J connectivity index is 0.000000606. The smallest absolute Gasteiger partial charge is 0.113 e. The van der Waals surface area contributed by atoms with E-state index >= 15 is 0 Å². The van der Waals surface area contributed by atoms with Crippen LogP contribution in [0.4, 0.5) is 0 Å². The fourth-order valence-corrected chi connectivity index (χ4v) is 1.47. The second-order valence-electron chi connectivity index (χ2n) is 4.16. The van der Waals surface area contributed by atoms with Crippen LogP contribution < -0.4 is 0 Å². The first-order chi connectivity index (χ1) is 7.65. The molecule has 1 aromatic carbocycles. The van der Waals surface area contributed by atoms with E-state index in [1.807, 2.05) is 36.7 Å². The van der Waals surface area contributed by atoms with Crippen molar-refractivity contribution in [1.82, 2.24) is 15.0 Å². The zero-order chi connectivity index (χ0) is 12.2. The minimum atomic E-state index is 0.0378. The van der Waals surface area contributed by atoms with Crippen molar-refractivity contribution in [3.8, 4) is 0 Å². The molecule has 1 aromatic heterocycles. The van der Waals surface area contributed by atoms with Crippen LogP contribution in [0.15, 0.2) is 24.3 Å². The van der Waals surface area contributed by atoms with Gasteiger partial charge in [-0.2, -0.15) is 0 Å². The van der Waals surface area contributed by atoms with E-state index in [0.717, 1.165) is 17.5 Å². The fraction of sp³-hybridized carbons (Fsp3) is 0.538. The maximum absolute atomic E-state index is 4.20. The predicted octanol–water partition coefficient (Wildman–Crippen LogP) is 3.60. The molecule has 0 saturated heterocycles. The molecule has 0 spiro atoms. The zero-order valence-electron chi connectivity index (χ0n) is 10.9. The van der Waals surface area contributed by atoms with Crippen molar-refractivity contribution in [2.75, 3.05) is 0 Å². The Morgan fingerprint density at radius 1 is 1.19 bits per heavy atom. The summed E-state index contributed by atoms with van der Waals surface area (Å²) in [5.74, 6) is 0. The lowest BCUT2D eigenvalue weighted by Crippen LogP contribution is -2.26. The Kier molecular flexibility index (Phi) is 4.05. The van der Waals surface area contributed by atoms with Gasteiger partial charge >= 0.3 is 0 Å². The van der Waals surface area contributed by atoms with Crippen LogP contribution in [0.3, 0.4) is 0 Å². The summed E-state index contributed by atoms with van der Waals surface area (Å²) in [4.78, 5) is 0. The minimum absolute atomic E-state index is 0.0378. The van der Waals surface area contributed by atoms with E-state index in [-0.39, 0.29) is 5.54 Å². The molecular formula is C13H21N3. The first-order valence-corrected chi connectivity index (χ1v) is 5.96. The van der Waals surface area contributed by atoms with Gasteiger partial charge < -0.3 is 0 Å². The van der Waals surface area contributed by atoms with Crippen molar-refractivity contribution in [1.29, 1.82) is 0 Å². The second kappa shape index (κ2) is 5.10. The molecule has 0 atom stereocenters. The summed E-state index contributed by atoms with van der Waals surface area (Å²) in [6.45, 7) is 10.5. The highest BCUT2D eigenvalue weighted by atomic mass is 15.4. The molecule has 0 aliphatic heterocycles. The van der Waals surface area contributed by atoms with Gasteiger partial charge in [0.1, 0.15) is 5.52 Å². The van der Waals surface area contributed by atoms with E-state index in [4.69, 9.17) is 0 Å². The van der Waals surface area contributed by atoms with Crippen LogP contribution in [0.5, 0.6) is 0 Å². The van der Waals surface area contributed by atoms with Gasteiger partial charge in [0.25, 0.3) is 0 Å². The molecule has 0 fully saturated rings. The van der Waals surface area contributed by atoms with Gasteiger partial charge in [0.15, 0.2) is 0 Å². The Hall–Kier alpha value is -1.38. The lowest BCUT2D eigenvalue weighted by Gasteiger charge is -2.23. The SMILES string of the molecule is CC.CCC(C)(C)n1nnc2ccccc21. The Labute approximate surface area is 97.5 Å². The average molecular weight is 219 g/mol. The molecular weight excluding hydrogens is 198 g/mol. The maximum atomic E-state index is 4.20. The van der Waals surface area contributed by atoms with E-state index in [1.54, 1.807) is 0 Å². The number of hydrogen-bond acceptors (Lipinski definition) is 2. The molecule has 0 amide bonds. The molecule has 0 aliphatic rings. The Bertz CT molecular complexity index is 443. The Morgan fingerprint density at radius 3 is 2.44 bits per heavy atom. The average Bonchev–Trinajstić information content (AvgIpc) is 2.76. The molecule has 0 N–H and O–H groups in total. The third-order valence-electron chi connectivity index (χ3n) is 2.79. The molecule has 0 aliphatic carbocycles. The molecule has 2 aromatic rings. The van der Waals surface area contributed by atoms with Crippen LogP contribution >= 0.6 is 0 Å². The predicted molar refractivity (Wildman–Crippen MR) is 68.5 cm³/mol. The Morgan fingerprint density at radius 2 is 1.81 bits per heavy atom. The number of benzene rings is 1. The van der Waals surface area contributed by atoms with E-state index in [1.165, 1.54) is 0 Å². The van der Waals surface area contributed by atoms with Gasteiger partial charge in [-0.15, -0.1) is 5.10 Å². The number of rotatable bonds is 2. The van der Waals surface area contributed by atoms with Gasteiger partial charge in [-0.05, 0) is 32.4 Å². The summed E-state index contributed by atoms with van der Waals surface area (Å²) in [5.41, 5.74) is 2.12. The molecule has 1 heterocycles. The topological polar surface area (TPSA) is 30.7 Å². The number of aromatic nitrogens is 3. The van der Waals surface area contributed by atoms with Crippen LogP contribution in [-0.4, -0.2) is 15.0 Å². The summed E-state index contributed by atoms with van der Waals surface area (Å²) in [7, 11) is 0. The molecule has 3 heteroatoms. The van der Waals surface area contributed by atoms with E-state index in [0.29, 0.717) is 0 Å². The third kappa shape index (κ3) is 2.23. The molecule has 16 heavy (non-hydrogen) atoms. The zero-order valence-corrected chi connectivity index (χ0v) is 10.9. The lowest BCUT2D eigenvalue weighted by atomic mass is 10.0. The molecule has 0 radical (unpaired) electrons. The van der Waals surface area contributed by atoms with Crippen molar-refractivity contribution < 1.29 is 0 Å². The van der Waals surface area contributed by atoms with E-state index < -0.39 is 0 Å². The molecule has 0 saturated carbocycles. The number of nitrogens with zero attached hydrogens (tertiary/aromatic N) is 3. The highest BCUT2D eigenvalue weighted by Crippen LogP contribution is 2.22. The van der Waals surface area contributed by atoms with E-state index in [2.05, 4.69) is 37.1 Å². The first-order valence-electron chi connectivity index (χ1n) is 5.96. The second-order valence-corrected chi connectivity index (χ2v) is 4.16. The van der Waals surface area contributed by atoms with Crippen molar-refractivity contribution >= 4 is 11.0 Å². The third-order valence-corrected chi connectivity index (χ3v) is 2.79. The summed E-state index contributed by atoms with van der Waals surface area (Å²) < 4.78 is 2.00. The van der Waals surface area contributed by atoms with Gasteiger partial charge in [-0.25, -0.2) is 4.68 Å². The molecule has 88 valence electrons. The number of hydrogen-bond donors (Lipinski definition) is 0. The maximum Gasteiger partial charge on any atom is 0.113 e. The standard InChI is InChI=1S/C11H15N3.C2H6/c1-4-11(2,3)14-10-8-6-5-7-9(10)12-13-14;1-2/h5-8H,4H2,1-3H3;1-2H3. The first kappa shape index (κ1) is 12.7. The van der Waals surface area contributed by atoms with Crippen molar-refractivity contribution in [3.63, 3.8) is 0 Å². The summed E-state index contributed by atoms with van der Waals surface area (Å²) >= 11 is 0. The largest absolute Gasteiger partial charge is 0.239 e. The minimum Gasteiger partial charge on any atom is -0.239 e. The van der Waals surface area contributed by atoms with Crippen molar-refractivity contribution in [2.24, 2.45) is 0 Å². The number of fused-ring (bicyclic) bond motifs is 1. The molecule has 2 rings (SSSR count). The highest BCUT2D eigenvalue weighted by Gasteiger charge is 2.20. The van der Waals surface area contributed by atoms with Gasteiger partial charge in [-0.3, -0.25) is 0 Å². The summed E-state index contributed by atoms with van der Waals surface area (Å²) in [6.07, 6.45) is 1.04. The fourth-order valence-electron chi connectivity index (χ4n) is 1.47. The molecule has 0 unspecified atom stereocenters. The van der Waals surface area contributed by atoms with Crippen LogP contribution in [-0.2, 0) is 5.54 Å². The van der Waals surface area contributed by atoms with Gasteiger partial charge in [0.05, 0.1) is 11.1 Å². The summed E-state index contributed by atoms with van der Waals surface area (Å²) in [6, 6.07) is 8.06. The molecule has 0 bridgehead atoms. The number of para-hydroxylation sites is 1. The summed E-state index contributed by atoms with van der Waals surface area (Å²) in [5, 5.41) is 8.35. The quantitative estimate of drug-likeness (QED) is 0.772. The van der Waals surface area contributed by atoms with Gasteiger partial charge in [-0.1, -0.05) is 38.1 Å². The normalized spacial score (nSPS) is 11.1. The van der Waals surface area contributed by atoms with Gasteiger partial charge in [0.2, 0.25) is 0 Å². The van der Waals surface area contributed by atoms with Crippen molar-refractivity contribution in [2.45, 2.75) is 46.6 Å². The lowest BCUT2D eigenvalue weighted by molar-refractivity contribution is 0.311. The van der Waals surface area contributed by atoms with Crippen LogP contribution in [0.2, 0.25) is 0 Å². The van der Waals surface area contributed by atoms with Crippen molar-refractivity contribution in [3.05, 3.63) is 24.3 Å². The van der Waals surface area contributed by atoms with Crippen LogP contribution in [0.1, 0.15) is 41.0 Å². The molecule has 3 nitrogen and oxygen atoms in total. The van der Waals surface area contributed by atoms with Gasteiger partial charge in [0, 0.05) is 0 Å². The monoisotopic (exact) mass is 219 g/mol. The van der Waals surface area contributed by atoms with Crippen LogP contribution in [0, 0.1) is 0 Å². The van der Waals surface area contributed by atoms with Crippen LogP contribution in [0.25, 0.3) is 11.0 Å².